The number of ether oxygens (including phenoxy) is 1. The van der Waals surface area contributed by atoms with Crippen molar-refractivity contribution in [2.24, 2.45) is 29.6 Å². The Morgan fingerprint density at radius 3 is 2.68 bits per heavy atom. The molecular weight excluding hydrogens is 443 g/mol. The molecule has 2 aliphatic carbocycles. The first-order chi connectivity index (χ1) is 16.2. The maximum Gasteiger partial charge on any atom is 0.416 e. The number of fused-ring (bicyclic) bond motifs is 2. The van der Waals surface area contributed by atoms with Crippen molar-refractivity contribution in [2.75, 3.05) is 0 Å². The fraction of sp³-hybridized carbons (Fsp3) is 0.481. The van der Waals surface area contributed by atoms with Gasteiger partial charge in [0.25, 0.3) is 0 Å². The zero-order valence-corrected chi connectivity index (χ0v) is 18.9. The largest absolute Gasteiger partial charge is 0.462 e. The number of carbonyl (C=O) groups is 1. The highest BCUT2D eigenvalue weighted by Gasteiger charge is 2.55. The normalized spacial score (nSPS) is 33.4. The predicted octanol–water partition coefficient (Wildman–Crippen LogP) is 5.76. The topological polar surface area (TPSA) is 59.4 Å². The zero-order chi connectivity index (χ0) is 24.0. The SMILES string of the molecule is C[C@H]1OC(=O)C2CC3C(O)CCCC3[C@@H](C=Cc3ccc(-c4cccc(C(F)(F)F)c4)cn3)C21. The number of carbonyl (C=O) groups excluding carboxylic acids is 1. The number of aromatic nitrogens is 1. The van der Waals surface area contributed by atoms with Gasteiger partial charge < -0.3 is 9.84 Å². The molecule has 5 unspecified atom stereocenters. The van der Waals surface area contributed by atoms with Gasteiger partial charge in [-0.25, -0.2) is 0 Å². The van der Waals surface area contributed by atoms with Crippen LogP contribution in [-0.4, -0.2) is 28.3 Å². The van der Waals surface area contributed by atoms with Crippen molar-refractivity contribution in [1.29, 1.82) is 0 Å². The summed E-state index contributed by atoms with van der Waals surface area (Å²) in [6.45, 7) is 1.95. The predicted molar refractivity (Wildman–Crippen MR) is 121 cm³/mol. The molecule has 3 aliphatic rings. The molecule has 0 radical (unpaired) electrons. The molecule has 5 rings (SSSR count). The number of nitrogens with zero attached hydrogens (tertiary/aromatic N) is 1. The molecule has 4 nitrogen and oxygen atoms in total. The fourth-order valence-corrected chi connectivity index (χ4v) is 6.36. The maximum atomic E-state index is 13.0. The van der Waals surface area contributed by atoms with Crippen molar-refractivity contribution in [3.05, 3.63) is 59.9 Å². The summed E-state index contributed by atoms with van der Waals surface area (Å²) >= 11 is 0. The summed E-state index contributed by atoms with van der Waals surface area (Å²) in [6.07, 6.45) is 4.13. The van der Waals surface area contributed by atoms with Crippen LogP contribution in [0.25, 0.3) is 17.2 Å². The van der Waals surface area contributed by atoms with Gasteiger partial charge in [-0.05, 0) is 73.8 Å². The minimum absolute atomic E-state index is 0.0830. The van der Waals surface area contributed by atoms with E-state index in [9.17, 15) is 23.1 Å². The summed E-state index contributed by atoms with van der Waals surface area (Å²) in [7, 11) is 0. The second-order valence-corrected chi connectivity index (χ2v) is 9.87. The summed E-state index contributed by atoms with van der Waals surface area (Å²) < 4.78 is 44.7. The quantitative estimate of drug-likeness (QED) is 0.579. The lowest BCUT2D eigenvalue weighted by atomic mass is 9.56. The number of rotatable bonds is 3. The summed E-state index contributed by atoms with van der Waals surface area (Å²) in [6, 6.07) is 8.77. The van der Waals surface area contributed by atoms with Crippen molar-refractivity contribution in [3.8, 4) is 11.1 Å². The number of esters is 1. The van der Waals surface area contributed by atoms with Gasteiger partial charge in [-0.3, -0.25) is 9.78 Å². The van der Waals surface area contributed by atoms with Gasteiger partial charge in [-0.15, -0.1) is 0 Å². The Bertz CT molecular complexity index is 1080. The van der Waals surface area contributed by atoms with Crippen LogP contribution in [0.15, 0.2) is 48.7 Å². The van der Waals surface area contributed by atoms with Crippen LogP contribution in [0.2, 0.25) is 0 Å². The van der Waals surface area contributed by atoms with Crippen molar-refractivity contribution in [3.63, 3.8) is 0 Å². The van der Waals surface area contributed by atoms with Crippen molar-refractivity contribution in [1.82, 2.24) is 4.98 Å². The molecule has 0 spiro atoms. The van der Waals surface area contributed by atoms with E-state index in [1.54, 1.807) is 24.4 Å². The average molecular weight is 472 g/mol. The highest BCUT2D eigenvalue weighted by Crippen LogP contribution is 2.53. The number of pyridine rings is 1. The smallest absolute Gasteiger partial charge is 0.416 e. The molecule has 2 saturated carbocycles. The summed E-state index contributed by atoms with van der Waals surface area (Å²) in [5.41, 5.74) is 1.08. The Morgan fingerprint density at radius 2 is 1.94 bits per heavy atom. The van der Waals surface area contributed by atoms with Gasteiger partial charge >= 0.3 is 12.1 Å². The van der Waals surface area contributed by atoms with E-state index in [1.807, 2.05) is 13.0 Å². The molecule has 180 valence electrons. The third-order valence-corrected chi connectivity index (χ3v) is 7.96. The highest BCUT2D eigenvalue weighted by molar-refractivity contribution is 5.75. The minimum Gasteiger partial charge on any atom is -0.462 e. The lowest BCUT2D eigenvalue weighted by Crippen LogP contribution is -2.47. The lowest BCUT2D eigenvalue weighted by molar-refractivity contribution is -0.145. The van der Waals surface area contributed by atoms with Crippen LogP contribution < -0.4 is 0 Å². The van der Waals surface area contributed by atoms with E-state index in [2.05, 4.69) is 11.1 Å². The minimum atomic E-state index is -4.39. The van der Waals surface area contributed by atoms with Gasteiger partial charge in [0.1, 0.15) is 6.10 Å². The van der Waals surface area contributed by atoms with Gasteiger partial charge in [0, 0.05) is 17.7 Å². The van der Waals surface area contributed by atoms with Crippen LogP contribution in [0.3, 0.4) is 0 Å². The third-order valence-electron chi connectivity index (χ3n) is 7.96. The first-order valence-electron chi connectivity index (χ1n) is 11.9. The molecule has 2 aromatic rings. The van der Waals surface area contributed by atoms with Crippen molar-refractivity contribution in [2.45, 2.75) is 51.0 Å². The van der Waals surface area contributed by atoms with Gasteiger partial charge in [0.15, 0.2) is 0 Å². The number of aliphatic hydroxyl groups is 1. The number of hydrogen-bond donors (Lipinski definition) is 1. The maximum absolute atomic E-state index is 13.0. The van der Waals surface area contributed by atoms with Crippen LogP contribution in [0.5, 0.6) is 0 Å². The fourth-order valence-electron chi connectivity index (χ4n) is 6.36. The molecule has 0 bridgehead atoms. The second kappa shape index (κ2) is 8.84. The lowest BCUT2D eigenvalue weighted by Gasteiger charge is -2.47. The van der Waals surface area contributed by atoms with Crippen LogP contribution in [0.1, 0.15) is 43.9 Å². The molecule has 1 aromatic carbocycles. The average Bonchev–Trinajstić information content (AvgIpc) is 3.10. The van der Waals surface area contributed by atoms with E-state index in [1.165, 1.54) is 6.07 Å². The molecule has 3 fully saturated rings. The Labute approximate surface area is 196 Å². The van der Waals surface area contributed by atoms with Crippen molar-refractivity contribution < 1.29 is 27.8 Å². The molecule has 7 heteroatoms. The summed E-state index contributed by atoms with van der Waals surface area (Å²) in [5, 5.41) is 10.6. The Balaban J connectivity index is 1.39. The number of benzene rings is 1. The summed E-state index contributed by atoms with van der Waals surface area (Å²) in [4.78, 5) is 16.9. The van der Waals surface area contributed by atoms with E-state index >= 15 is 0 Å². The Morgan fingerprint density at radius 1 is 1.12 bits per heavy atom. The van der Waals surface area contributed by atoms with E-state index in [0.29, 0.717) is 29.2 Å². The molecule has 34 heavy (non-hydrogen) atoms. The van der Waals surface area contributed by atoms with E-state index < -0.39 is 11.7 Å². The first kappa shape index (κ1) is 23.1. The van der Waals surface area contributed by atoms with E-state index in [0.717, 1.165) is 31.4 Å². The molecule has 7 atom stereocenters. The van der Waals surface area contributed by atoms with Crippen LogP contribution >= 0.6 is 0 Å². The number of halogens is 3. The molecule has 0 amide bonds. The Hall–Kier alpha value is -2.67. The number of aliphatic hydroxyl groups excluding tert-OH is 1. The van der Waals surface area contributed by atoms with Gasteiger partial charge in [-0.2, -0.15) is 13.2 Å². The van der Waals surface area contributed by atoms with E-state index in [4.69, 9.17) is 4.74 Å². The van der Waals surface area contributed by atoms with Gasteiger partial charge in [-0.1, -0.05) is 30.7 Å². The molecule has 1 aliphatic heterocycles. The number of cyclic esters (lactones) is 1. The van der Waals surface area contributed by atoms with Gasteiger partial charge in [0.05, 0.1) is 23.3 Å². The standard InChI is InChI=1S/C27H28F3NO3/c1-15-25-21(20-6-3-7-24(32)22(20)13-23(25)26(33)34-15)11-10-19-9-8-17(14-31-19)16-4-2-5-18(12-16)27(28,29)30/h2,4-5,8-12,14-15,20-25,32H,3,6-7,13H2,1H3/t15-,20?,21-,22?,23?,24?,25?/m1/s1. The summed E-state index contributed by atoms with van der Waals surface area (Å²) in [5.74, 6) is 0.233. The van der Waals surface area contributed by atoms with Gasteiger partial charge in [0.2, 0.25) is 0 Å². The molecular formula is C27H28F3NO3. The number of hydrogen-bond acceptors (Lipinski definition) is 4. The van der Waals surface area contributed by atoms with Crippen LogP contribution in [-0.2, 0) is 15.7 Å². The van der Waals surface area contributed by atoms with E-state index in [-0.39, 0.29) is 41.8 Å². The number of alkyl halides is 3. The number of allylic oxidation sites excluding steroid dienone is 1. The molecule has 2 heterocycles. The molecule has 1 N–H and O–H groups in total. The molecule has 1 saturated heterocycles. The first-order valence-corrected chi connectivity index (χ1v) is 11.9. The second-order valence-electron chi connectivity index (χ2n) is 9.87. The van der Waals surface area contributed by atoms with Crippen LogP contribution in [0.4, 0.5) is 13.2 Å². The Kier molecular flexibility index (Phi) is 6.00. The monoisotopic (exact) mass is 471 g/mol. The highest BCUT2D eigenvalue weighted by atomic mass is 19.4. The third kappa shape index (κ3) is 4.26. The molecule has 1 aromatic heterocycles. The zero-order valence-electron chi connectivity index (χ0n) is 18.9. The van der Waals surface area contributed by atoms with Crippen molar-refractivity contribution >= 4 is 12.0 Å². The van der Waals surface area contributed by atoms with Crippen LogP contribution in [0, 0.1) is 29.6 Å².